The molecule has 0 N–H and O–H groups in total. The zero-order valence-corrected chi connectivity index (χ0v) is 19.1. The Kier molecular flexibility index (Phi) is 8.88. The van der Waals surface area contributed by atoms with Crippen molar-refractivity contribution in [3.63, 3.8) is 0 Å². The van der Waals surface area contributed by atoms with E-state index in [0.29, 0.717) is 5.25 Å². The first kappa shape index (κ1) is 21.7. The third kappa shape index (κ3) is 5.22. The van der Waals surface area contributed by atoms with Gasteiger partial charge in [-0.2, -0.15) is 11.8 Å². The van der Waals surface area contributed by atoms with E-state index in [9.17, 15) is 0 Å². The summed E-state index contributed by atoms with van der Waals surface area (Å²) in [6.07, 6.45) is 3.17. The van der Waals surface area contributed by atoms with Crippen LogP contribution < -0.4 is 4.74 Å². The molecule has 2 nitrogen and oxygen atoms in total. The molecule has 0 saturated heterocycles. The molecule has 0 fully saturated rings. The lowest BCUT2D eigenvalue weighted by Crippen LogP contribution is -2.25. The molecule has 0 aromatic heterocycles. The number of para-hydroxylation sites is 1. The molecule has 0 bridgehead atoms. The third-order valence-electron chi connectivity index (χ3n) is 4.78. The van der Waals surface area contributed by atoms with Crippen LogP contribution in [0.5, 0.6) is 11.5 Å². The van der Waals surface area contributed by atoms with Crippen molar-refractivity contribution in [2.24, 2.45) is 0 Å². The highest BCUT2D eigenvalue weighted by molar-refractivity contribution is 8.93. The van der Waals surface area contributed by atoms with Crippen LogP contribution in [0.1, 0.15) is 30.2 Å². The van der Waals surface area contributed by atoms with Crippen molar-refractivity contribution >= 4 is 40.5 Å². The number of thioether (sulfide) groups is 2. The molecule has 0 aliphatic carbocycles. The number of ether oxygens (including phenoxy) is 1. The molecule has 26 heavy (non-hydrogen) atoms. The molecule has 0 amide bonds. The zero-order valence-electron chi connectivity index (χ0n) is 15.7. The van der Waals surface area contributed by atoms with Gasteiger partial charge in [-0.25, -0.2) is 0 Å². The highest BCUT2D eigenvalue weighted by Gasteiger charge is 2.24. The fourth-order valence-corrected chi connectivity index (χ4v) is 4.97. The SMILES string of the molecule is Br.CCN(CC)CCSC1Cc2ccccc2Oc2ccc(SC)cc21. The number of hydrogen-bond donors (Lipinski definition) is 0. The molecule has 5 heteroatoms. The van der Waals surface area contributed by atoms with Crippen molar-refractivity contribution < 1.29 is 4.74 Å². The van der Waals surface area contributed by atoms with E-state index in [0.717, 1.165) is 43.3 Å². The van der Waals surface area contributed by atoms with Gasteiger partial charge >= 0.3 is 0 Å². The first-order valence-corrected chi connectivity index (χ1v) is 11.3. The molecule has 2 aromatic carbocycles. The zero-order chi connectivity index (χ0) is 17.6. The van der Waals surface area contributed by atoms with E-state index < -0.39 is 0 Å². The van der Waals surface area contributed by atoms with Crippen molar-refractivity contribution in [3.05, 3.63) is 53.6 Å². The molecule has 1 unspecified atom stereocenters. The smallest absolute Gasteiger partial charge is 0.131 e. The molecule has 0 spiro atoms. The second kappa shape index (κ2) is 10.6. The average molecular weight is 454 g/mol. The Morgan fingerprint density at radius 2 is 1.85 bits per heavy atom. The summed E-state index contributed by atoms with van der Waals surface area (Å²) in [6, 6.07) is 15.1. The minimum absolute atomic E-state index is 0. The van der Waals surface area contributed by atoms with Crippen LogP contribution in [-0.2, 0) is 6.42 Å². The van der Waals surface area contributed by atoms with Gasteiger partial charge in [0.1, 0.15) is 11.5 Å². The number of nitrogens with zero attached hydrogens (tertiary/aromatic N) is 1. The fraction of sp³-hybridized carbons (Fsp3) is 0.429. The Balaban J connectivity index is 0.00000243. The van der Waals surface area contributed by atoms with Crippen LogP contribution >= 0.6 is 40.5 Å². The van der Waals surface area contributed by atoms with E-state index in [1.54, 1.807) is 11.8 Å². The van der Waals surface area contributed by atoms with Crippen LogP contribution in [0.25, 0.3) is 0 Å². The van der Waals surface area contributed by atoms with Gasteiger partial charge in [-0.05, 0) is 55.6 Å². The quantitative estimate of drug-likeness (QED) is 0.446. The van der Waals surface area contributed by atoms with Crippen LogP contribution in [0.15, 0.2) is 47.4 Å². The van der Waals surface area contributed by atoms with Crippen LogP contribution in [0.2, 0.25) is 0 Å². The number of benzene rings is 2. The molecule has 1 heterocycles. The van der Waals surface area contributed by atoms with Gasteiger partial charge in [0.15, 0.2) is 0 Å². The van der Waals surface area contributed by atoms with Crippen LogP contribution in [-0.4, -0.2) is 36.5 Å². The summed E-state index contributed by atoms with van der Waals surface area (Å²) in [6.45, 7) is 7.88. The van der Waals surface area contributed by atoms with Gasteiger partial charge < -0.3 is 9.64 Å². The van der Waals surface area contributed by atoms with E-state index >= 15 is 0 Å². The van der Waals surface area contributed by atoms with E-state index in [1.807, 2.05) is 0 Å². The average Bonchev–Trinajstić information content (AvgIpc) is 2.81. The Morgan fingerprint density at radius 3 is 2.58 bits per heavy atom. The van der Waals surface area contributed by atoms with Crippen LogP contribution in [0.4, 0.5) is 0 Å². The lowest BCUT2D eigenvalue weighted by atomic mass is 10.0. The lowest BCUT2D eigenvalue weighted by molar-refractivity contribution is 0.323. The van der Waals surface area contributed by atoms with Gasteiger partial charge in [-0.1, -0.05) is 32.0 Å². The van der Waals surface area contributed by atoms with E-state index in [-0.39, 0.29) is 17.0 Å². The lowest BCUT2D eigenvalue weighted by Gasteiger charge is -2.21. The minimum atomic E-state index is 0. The molecule has 142 valence electrons. The summed E-state index contributed by atoms with van der Waals surface area (Å²) >= 11 is 3.86. The van der Waals surface area contributed by atoms with E-state index in [1.165, 1.54) is 16.0 Å². The van der Waals surface area contributed by atoms with Crippen molar-refractivity contribution in [1.29, 1.82) is 0 Å². The number of rotatable bonds is 7. The molecule has 2 aromatic rings. The second-order valence-electron chi connectivity index (χ2n) is 6.20. The van der Waals surface area contributed by atoms with Gasteiger partial charge in [0.25, 0.3) is 0 Å². The van der Waals surface area contributed by atoms with Crippen molar-refractivity contribution in [1.82, 2.24) is 4.90 Å². The Labute approximate surface area is 176 Å². The summed E-state index contributed by atoms with van der Waals surface area (Å²) in [5, 5.41) is 0.446. The minimum Gasteiger partial charge on any atom is -0.457 e. The maximum Gasteiger partial charge on any atom is 0.131 e. The molecular weight excluding hydrogens is 426 g/mol. The molecule has 1 aliphatic rings. The first-order valence-electron chi connectivity index (χ1n) is 9.02. The second-order valence-corrected chi connectivity index (χ2v) is 8.39. The van der Waals surface area contributed by atoms with Gasteiger partial charge in [-0.3, -0.25) is 0 Å². The van der Waals surface area contributed by atoms with Crippen LogP contribution in [0.3, 0.4) is 0 Å². The number of halogens is 1. The molecule has 0 radical (unpaired) electrons. The molecular formula is C21H28BrNOS2. The Morgan fingerprint density at radius 1 is 1.08 bits per heavy atom. The van der Waals surface area contributed by atoms with Crippen molar-refractivity contribution in [2.45, 2.75) is 30.4 Å². The maximum atomic E-state index is 6.27. The monoisotopic (exact) mass is 453 g/mol. The van der Waals surface area contributed by atoms with Crippen molar-refractivity contribution in [2.75, 3.05) is 31.6 Å². The number of hydrogen-bond acceptors (Lipinski definition) is 4. The third-order valence-corrected chi connectivity index (χ3v) is 6.75. The molecule has 1 aliphatic heterocycles. The summed E-state index contributed by atoms with van der Waals surface area (Å²) < 4.78 is 6.27. The number of fused-ring (bicyclic) bond motifs is 2. The Bertz CT molecular complexity index is 706. The normalized spacial score (nSPS) is 15.5. The predicted octanol–water partition coefficient (Wildman–Crippen LogP) is 6.45. The standard InChI is InChI=1S/C21H27NOS2.BrH/c1-4-22(5-2)12-13-25-21-14-16-8-6-7-9-19(16)23-20-11-10-17(24-3)15-18(20)21;/h6-11,15,21H,4-5,12-14H2,1-3H3;1H. The van der Waals surface area contributed by atoms with Gasteiger partial charge in [0.2, 0.25) is 0 Å². The molecule has 3 rings (SSSR count). The summed E-state index contributed by atoms with van der Waals surface area (Å²) in [7, 11) is 0. The van der Waals surface area contributed by atoms with Gasteiger partial charge in [0.05, 0.1) is 0 Å². The largest absolute Gasteiger partial charge is 0.457 e. The topological polar surface area (TPSA) is 12.5 Å². The highest BCUT2D eigenvalue weighted by Crippen LogP contribution is 2.45. The maximum absolute atomic E-state index is 6.27. The molecule has 0 saturated carbocycles. The van der Waals surface area contributed by atoms with Gasteiger partial charge in [-0.15, -0.1) is 28.7 Å². The summed E-state index contributed by atoms with van der Waals surface area (Å²) in [4.78, 5) is 3.80. The fourth-order valence-electron chi connectivity index (χ4n) is 3.21. The predicted molar refractivity (Wildman–Crippen MR) is 122 cm³/mol. The van der Waals surface area contributed by atoms with E-state index in [4.69, 9.17) is 4.74 Å². The van der Waals surface area contributed by atoms with E-state index in [2.05, 4.69) is 79.2 Å². The van der Waals surface area contributed by atoms with Crippen molar-refractivity contribution in [3.8, 4) is 11.5 Å². The highest BCUT2D eigenvalue weighted by atomic mass is 79.9. The summed E-state index contributed by atoms with van der Waals surface area (Å²) in [5.41, 5.74) is 2.65. The summed E-state index contributed by atoms with van der Waals surface area (Å²) in [5.74, 6) is 3.17. The molecule has 1 atom stereocenters. The Hall–Kier alpha value is -0.620. The first-order chi connectivity index (χ1) is 12.2. The van der Waals surface area contributed by atoms with Gasteiger partial charge in [0, 0.05) is 28.0 Å². The van der Waals surface area contributed by atoms with Crippen LogP contribution in [0, 0.1) is 0 Å².